The summed E-state index contributed by atoms with van der Waals surface area (Å²) in [7, 11) is 0. The molecule has 0 aliphatic heterocycles. The molecule has 18 heavy (non-hydrogen) atoms. The van der Waals surface area contributed by atoms with Crippen molar-refractivity contribution < 1.29 is 0 Å². The van der Waals surface area contributed by atoms with Gasteiger partial charge in [-0.2, -0.15) is 0 Å². The molecule has 2 heteroatoms. The first kappa shape index (κ1) is 17.9. The molecule has 0 fully saturated rings. The Labute approximate surface area is 115 Å². The normalized spacial score (nSPS) is 16.3. The third kappa shape index (κ3) is 5.71. The van der Waals surface area contributed by atoms with E-state index in [1.807, 2.05) is 0 Å². The van der Waals surface area contributed by atoms with Gasteiger partial charge in [0.1, 0.15) is 0 Å². The molecule has 0 saturated carbocycles. The van der Waals surface area contributed by atoms with Crippen LogP contribution in [0.25, 0.3) is 0 Å². The third-order valence-corrected chi connectivity index (χ3v) is 3.80. The van der Waals surface area contributed by atoms with Crippen LogP contribution in [0.4, 0.5) is 0 Å². The van der Waals surface area contributed by atoms with Crippen LogP contribution in [0.3, 0.4) is 0 Å². The Balaban J connectivity index is 4.87. The van der Waals surface area contributed by atoms with E-state index in [1.54, 1.807) is 0 Å². The fourth-order valence-electron chi connectivity index (χ4n) is 2.87. The van der Waals surface area contributed by atoms with Gasteiger partial charge in [0, 0.05) is 18.1 Å². The maximum Gasteiger partial charge on any atom is 0.0298 e. The quantitative estimate of drug-likeness (QED) is 0.664. The summed E-state index contributed by atoms with van der Waals surface area (Å²) in [6.45, 7) is 17.2. The van der Waals surface area contributed by atoms with Crippen LogP contribution in [0.1, 0.15) is 74.1 Å². The number of hydrogen-bond donors (Lipinski definition) is 1. The summed E-state index contributed by atoms with van der Waals surface area (Å²) in [5, 5.41) is 0. The van der Waals surface area contributed by atoms with Gasteiger partial charge in [-0.1, -0.05) is 47.5 Å². The van der Waals surface area contributed by atoms with Crippen LogP contribution in [0.15, 0.2) is 0 Å². The van der Waals surface area contributed by atoms with Crippen molar-refractivity contribution in [3.8, 4) is 0 Å². The zero-order chi connectivity index (χ0) is 14.3. The lowest BCUT2D eigenvalue weighted by molar-refractivity contribution is 0.0491. The average molecular weight is 256 g/mol. The van der Waals surface area contributed by atoms with E-state index >= 15 is 0 Å². The Morgan fingerprint density at radius 3 is 1.94 bits per heavy atom. The molecule has 0 saturated heterocycles. The fourth-order valence-corrected chi connectivity index (χ4v) is 2.87. The average Bonchev–Trinajstić information content (AvgIpc) is 2.25. The molecule has 0 aromatic heterocycles. The SMILES string of the molecule is CCCCCN(C(C)C)C(C(N)CC)C(C)(C)C. The topological polar surface area (TPSA) is 29.3 Å². The van der Waals surface area contributed by atoms with Gasteiger partial charge in [-0.25, -0.2) is 0 Å². The highest BCUT2D eigenvalue weighted by molar-refractivity contribution is 4.91. The summed E-state index contributed by atoms with van der Waals surface area (Å²) in [5.74, 6) is 0. The molecule has 0 aromatic rings. The lowest BCUT2D eigenvalue weighted by Crippen LogP contribution is -2.56. The number of nitrogens with two attached hydrogens (primary N) is 1. The van der Waals surface area contributed by atoms with E-state index < -0.39 is 0 Å². The summed E-state index contributed by atoms with van der Waals surface area (Å²) in [6, 6.07) is 1.32. The zero-order valence-electron chi connectivity index (χ0n) is 13.8. The minimum Gasteiger partial charge on any atom is -0.326 e. The van der Waals surface area contributed by atoms with Gasteiger partial charge >= 0.3 is 0 Å². The molecule has 2 atom stereocenters. The molecule has 0 radical (unpaired) electrons. The molecule has 0 aliphatic rings. The van der Waals surface area contributed by atoms with Crippen molar-refractivity contribution in [3.63, 3.8) is 0 Å². The molecule has 2 unspecified atom stereocenters. The first-order chi connectivity index (χ1) is 8.25. The van der Waals surface area contributed by atoms with Crippen molar-refractivity contribution in [3.05, 3.63) is 0 Å². The van der Waals surface area contributed by atoms with Crippen molar-refractivity contribution >= 4 is 0 Å². The zero-order valence-corrected chi connectivity index (χ0v) is 13.8. The second-order valence-electron chi connectivity index (χ2n) is 6.92. The highest BCUT2D eigenvalue weighted by Gasteiger charge is 2.35. The van der Waals surface area contributed by atoms with Gasteiger partial charge in [0.25, 0.3) is 0 Å². The molecule has 0 spiro atoms. The van der Waals surface area contributed by atoms with Gasteiger partial charge in [-0.05, 0) is 38.6 Å². The van der Waals surface area contributed by atoms with Gasteiger partial charge in [0.2, 0.25) is 0 Å². The lowest BCUT2D eigenvalue weighted by Gasteiger charge is -2.45. The van der Waals surface area contributed by atoms with E-state index in [4.69, 9.17) is 5.73 Å². The van der Waals surface area contributed by atoms with Crippen LogP contribution in [-0.4, -0.2) is 29.6 Å². The lowest BCUT2D eigenvalue weighted by atomic mass is 9.79. The molecule has 2 N–H and O–H groups in total. The third-order valence-electron chi connectivity index (χ3n) is 3.80. The van der Waals surface area contributed by atoms with Crippen LogP contribution >= 0.6 is 0 Å². The molecule has 0 amide bonds. The van der Waals surface area contributed by atoms with E-state index in [0.29, 0.717) is 12.1 Å². The van der Waals surface area contributed by atoms with Crippen molar-refractivity contribution in [2.75, 3.05) is 6.54 Å². The molecular weight excluding hydrogens is 220 g/mol. The van der Waals surface area contributed by atoms with E-state index in [2.05, 4.69) is 53.4 Å². The van der Waals surface area contributed by atoms with E-state index in [1.165, 1.54) is 25.8 Å². The Kier molecular flexibility index (Phi) is 8.13. The Bertz CT molecular complexity index is 206. The van der Waals surface area contributed by atoms with E-state index in [0.717, 1.165) is 6.42 Å². The molecule has 0 heterocycles. The van der Waals surface area contributed by atoms with E-state index in [9.17, 15) is 0 Å². The Morgan fingerprint density at radius 2 is 1.61 bits per heavy atom. The van der Waals surface area contributed by atoms with Gasteiger partial charge in [-0.15, -0.1) is 0 Å². The van der Waals surface area contributed by atoms with Crippen LogP contribution < -0.4 is 5.73 Å². The number of unbranched alkanes of at least 4 members (excludes halogenated alkanes) is 2. The summed E-state index contributed by atoms with van der Waals surface area (Å²) in [4.78, 5) is 2.63. The number of nitrogens with zero attached hydrogens (tertiary/aromatic N) is 1. The summed E-state index contributed by atoms with van der Waals surface area (Å²) in [6.07, 6.45) is 4.95. The number of rotatable bonds is 8. The van der Waals surface area contributed by atoms with Gasteiger partial charge in [-0.3, -0.25) is 4.90 Å². The maximum absolute atomic E-state index is 6.40. The highest BCUT2D eigenvalue weighted by Crippen LogP contribution is 2.29. The van der Waals surface area contributed by atoms with E-state index in [-0.39, 0.29) is 11.5 Å². The molecule has 2 nitrogen and oxygen atoms in total. The predicted molar refractivity (Wildman–Crippen MR) is 82.9 cm³/mol. The van der Waals surface area contributed by atoms with Crippen LogP contribution in [0.2, 0.25) is 0 Å². The standard InChI is InChI=1S/C16H36N2/c1-8-10-11-12-18(13(3)4)15(14(17)9-2)16(5,6)7/h13-15H,8-12,17H2,1-7H3. The Hall–Kier alpha value is -0.0800. The monoisotopic (exact) mass is 256 g/mol. The van der Waals surface area contributed by atoms with Crippen molar-refractivity contribution in [1.82, 2.24) is 4.90 Å². The molecule has 110 valence electrons. The summed E-state index contributed by atoms with van der Waals surface area (Å²) in [5.41, 5.74) is 6.65. The summed E-state index contributed by atoms with van der Waals surface area (Å²) >= 11 is 0. The fraction of sp³-hybridized carbons (Fsp3) is 1.00. The molecule has 0 aromatic carbocycles. The van der Waals surface area contributed by atoms with Crippen LogP contribution in [0, 0.1) is 5.41 Å². The van der Waals surface area contributed by atoms with Crippen molar-refractivity contribution in [2.24, 2.45) is 11.1 Å². The number of hydrogen-bond acceptors (Lipinski definition) is 2. The minimum absolute atomic E-state index is 0.242. The highest BCUT2D eigenvalue weighted by atomic mass is 15.2. The largest absolute Gasteiger partial charge is 0.326 e. The smallest absolute Gasteiger partial charge is 0.0298 e. The Morgan fingerprint density at radius 1 is 1.06 bits per heavy atom. The predicted octanol–water partition coefficient (Wildman–Crippen LogP) is 4.04. The second kappa shape index (κ2) is 8.16. The summed E-state index contributed by atoms with van der Waals surface area (Å²) < 4.78 is 0. The minimum atomic E-state index is 0.242. The maximum atomic E-state index is 6.40. The van der Waals surface area contributed by atoms with Crippen molar-refractivity contribution in [1.29, 1.82) is 0 Å². The molecular formula is C16H36N2. The second-order valence-corrected chi connectivity index (χ2v) is 6.92. The molecule has 0 rings (SSSR count). The van der Waals surface area contributed by atoms with Crippen molar-refractivity contribution in [2.45, 2.75) is 92.3 Å². The van der Waals surface area contributed by atoms with Crippen LogP contribution in [-0.2, 0) is 0 Å². The molecule has 0 aliphatic carbocycles. The van der Waals surface area contributed by atoms with Gasteiger partial charge in [0.05, 0.1) is 0 Å². The first-order valence-corrected chi connectivity index (χ1v) is 7.77. The van der Waals surface area contributed by atoms with Gasteiger partial charge in [0.15, 0.2) is 0 Å². The van der Waals surface area contributed by atoms with Crippen LogP contribution in [0.5, 0.6) is 0 Å². The first-order valence-electron chi connectivity index (χ1n) is 7.77. The molecule has 0 bridgehead atoms. The van der Waals surface area contributed by atoms with Gasteiger partial charge < -0.3 is 5.73 Å².